The van der Waals surface area contributed by atoms with Crippen molar-refractivity contribution in [1.29, 1.82) is 0 Å². The minimum atomic E-state index is -3.43. The Morgan fingerprint density at radius 3 is 2.44 bits per heavy atom. The summed E-state index contributed by atoms with van der Waals surface area (Å²) in [4.78, 5) is 12.0. The van der Waals surface area contributed by atoms with Gasteiger partial charge < -0.3 is 10.1 Å². The van der Waals surface area contributed by atoms with Crippen LogP contribution in [-0.4, -0.2) is 26.6 Å². The summed E-state index contributed by atoms with van der Waals surface area (Å²) < 4.78 is 31.5. The first-order valence-electron chi connectivity index (χ1n) is 8.09. The number of nitrogens with one attached hydrogen (secondary N) is 2. The van der Waals surface area contributed by atoms with Gasteiger partial charge in [-0.3, -0.25) is 4.79 Å². The van der Waals surface area contributed by atoms with Crippen molar-refractivity contribution >= 4 is 21.6 Å². The molecule has 0 aliphatic heterocycles. The molecule has 0 spiro atoms. The highest BCUT2D eigenvalue weighted by Crippen LogP contribution is 2.28. The summed E-state index contributed by atoms with van der Waals surface area (Å²) in [5, 5.41) is 2.67. The molecule has 0 heterocycles. The van der Waals surface area contributed by atoms with E-state index in [0.29, 0.717) is 23.6 Å². The number of unbranched alkanes of at least 4 members (excludes halogenated alkanes) is 1. The topological polar surface area (TPSA) is 84.5 Å². The van der Waals surface area contributed by atoms with E-state index in [1.54, 1.807) is 36.4 Å². The number of para-hydroxylation sites is 3. The molecule has 0 saturated heterocycles. The van der Waals surface area contributed by atoms with Gasteiger partial charge in [-0.05, 0) is 30.7 Å². The maximum Gasteiger partial charge on any atom is 0.239 e. The number of carbonyl (C=O) groups excluding carboxylic acids is 1. The SMILES string of the molecule is CCCCS(=O)(=O)NCC(=O)Nc1ccccc1Oc1ccccc1. The van der Waals surface area contributed by atoms with Gasteiger partial charge in [-0.15, -0.1) is 0 Å². The molecule has 0 fully saturated rings. The van der Waals surface area contributed by atoms with E-state index in [2.05, 4.69) is 10.0 Å². The molecule has 0 aliphatic rings. The summed E-state index contributed by atoms with van der Waals surface area (Å²) in [6.45, 7) is 1.59. The second-order valence-electron chi connectivity index (χ2n) is 5.45. The number of benzene rings is 2. The highest BCUT2D eigenvalue weighted by atomic mass is 32.2. The molecule has 1 amide bonds. The molecule has 0 bridgehead atoms. The number of sulfonamides is 1. The van der Waals surface area contributed by atoms with Crippen LogP contribution in [0.25, 0.3) is 0 Å². The first-order chi connectivity index (χ1) is 12.0. The van der Waals surface area contributed by atoms with Gasteiger partial charge in [0.15, 0.2) is 5.75 Å². The molecule has 0 atom stereocenters. The van der Waals surface area contributed by atoms with Crippen LogP contribution in [0.2, 0.25) is 0 Å². The molecule has 6 nitrogen and oxygen atoms in total. The van der Waals surface area contributed by atoms with Gasteiger partial charge in [0.1, 0.15) is 5.75 Å². The van der Waals surface area contributed by atoms with Crippen LogP contribution in [0, 0.1) is 0 Å². The lowest BCUT2D eigenvalue weighted by Gasteiger charge is -2.12. The van der Waals surface area contributed by atoms with Crippen molar-refractivity contribution in [2.45, 2.75) is 19.8 Å². The van der Waals surface area contributed by atoms with Crippen molar-refractivity contribution in [1.82, 2.24) is 4.72 Å². The van der Waals surface area contributed by atoms with Crippen LogP contribution in [-0.2, 0) is 14.8 Å². The maximum absolute atomic E-state index is 12.0. The summed E-state index contributed by atoms with van der Waals surface area (Å²) in [6.07, 6.45) is 1.34. The van der Waals surface area contributed by atoms with Crippen molar-refractivity contribution in [3.63, 3.8) is 0 Å². The summed E-state index contributed by atoms with van der Waals surface area (Å²) in [6, 6.07) is 16.2. The molecule has 0 aromatic heterocycles. The maximum atomic E-state index is 12.0. The van der Waals surface area contributed by atoms with Gasteiger partial charge in [0.2, 0.25) is 15.9 Å². The number of rotatable bonds is 9. The Morgan fingerprint density at radius 2 is 1.72 bits per heavy atom. The van der Waals surface area contributed by atoms with Crippen molar-refractivity contribution in [3.8, 4) is 11.5 Å². The Kier molecular flexibility index (Phi) is 6.97. The quantitative estimate of drug-likeness (QED) is 0.718. The largest absolute Gasteiger partial charge is 0.455 e. The summed E-state index contributed by atoms with van der Waals surface area (Å²) >= 11 is 0. The van der Waals surface area contributed by atoms with Crippen LogP contribution in [0.15, 0.2) is 54.6 Å². The van der Waals surface area contributed by atoms with E-state index in [1.807, 2.05) is 25.1 Å². The Balaban J connectivity index is 1.97. The lowest BCUT2D eigenvalue weighted by Crippen LogP contribution is -2.34. The van der Waals surface area contributed by atoms with Crippen LogP contribution < -0.4 is 14.8 Å². The summed E-state index contributed by atoms with van der Waals surface area (Å²) in [7, 11) is -3.43. The highest BCUT2D eigenvalue weighted by Gasteiger charge is 2.13. The lowest BCUT2D eigenvalue weighted by molar-refractivity contribution is -0.115. The third kappa shape index (κ3) is 6.56. The fourth-order valence-corrected chi connectivity index (χ4v) is 3.21. The molecule has 0 radical (unpaired) electrons. The number of ether oxygens (including phenoxy) is 1. The molecule has 2 rings (SSSR count). The Morgan fingerprint density at radius 1 is 1.04 bits per heavy atom. The highest BCUT2D eigenvalue weighted by molar-refractivity contribution is 7.89. The minimum Gasteiger partial charge on any atom is -0.455 e. The molecule has 2 aromatic carbocycles. The average molecular weight is 362 g/mol. The second-order valence-corrected chi connectivity index (χ2v) is 7.38. The monoisotopic (exact) mass is 362 g/mol. The normalized spacial score (nSPS) is 11.1. The van der Waals surface area contributed by atoms with E-state index >= 15 is 0 Å². The number of anilines is 1. The van der Waals surface area contributed by atoms with Gasteiger partial charge >= 0.3 is 0 Å². The van der Waals surface area contributed by atoms with Crippen LogP contribution in [0.3, 0.4) is 0 Å². The molecule has 0 unspecified atom stereocenters. The van der Waals surface area contributed by atoms with Gasteiger partial charge in [-0.25, -0.2) is 13.1 Å². The first kappa shape index (κ1) is 19.0. The number of hydrogen-bond donors (Lipinski definition) is 2. The van der Waals surface area contributed by atoms with E-state index in [-0.39, 0.29) is 12.3 Å². The molecule has 7 heteroatoms. The third-order valence-electron chi connectivity index (χ3n) is 3.35. The number of amides is 1. The zero-order valence-corrected chi connectivity index (χ0v) is 14.9. The summed E-state index contributed by atoms with van der Waals surface area (Å²) in [5.74, 6) is 0.689. The van der Waals surface area contributed by atoms with Crippen LogP contribution >= 0.6 is 0 Å². The zero-order valence-electron chi connectivity index (χ0n) is 14.1. The van der Waals surface area contributed by atoms with Crippen LogP contribution in [0.4, 0.5) is 5.69 Å². The molecule has 0 aliphatic carbocycles. The number of hydrogen-bond acceptors (Lipinski definition) is 4. The average Bonchev–Trinajstić information content (AvgIpc) is 2.61. The van der Waals surface area contributed by atoms with E-state index < -0.39 is 15.9 Å². The zero-order chi connectivity index (χ0) is 18.1. The minimum absolute atomic E-state index is 0.0183. The van der Waals surface area contributed by atoms with Crippen molar-refractivity contribution < 1.29 is 17.9 Å². The van der Waals surface area contributed by atoms with Crippen molar-refractivity contribution in [2.24, 2.45) is 0 Å². The fourth-order valence-electron chi connectivity index (χ4n) is 2.05. The Hall–Kier alpha value is -2.38. The van der Waals surface area contributed by atoms with Crippen molar-refractivity contribution in [2.75, 3.05) is 17.6 Å². The van der Waals surface area contributed by atoms with E-state index in [0.717, 1.165) is 6.42 Å². The Bertz CT molecular complexity index is 792. The van der Waals surface area contributed by atoms with Gasteiger partial charge in [-0.2, -0.15) is 0 Å². The first-order valence-corrected chi connectivity index (χ1v) is 9.74. The molecular formula is C18H22N2O4S. The fraction of sp³-hybridized carbons (Fsp3) is 0.278. The third-order valence-corrected chi connectivity index (χ3v) is 4.76. The van der Waals surface area contributed by atoms with Crippen LogP contribution in [0.5, 0.6) is 11.5 Å². The van der Waals surface area contributed by atoms with Gasteiger partial charge in [0.25, 0.3) is 0 Å². The molecule has 0 saturated carbocycles. The van der Waals surface area contributed by atoms with E-state index in [1.165, 1.54) is 0 Å². The van der Waals surface area contributed by atoms with Crippen molar-refractivity contribution in [3.05, 3.63) is 54.6 Å². The second kappa shape index (κ2) is 9.19. The molecule has 2 aromatic rings. The van der Waals surface area contributed by atoms with E-state index in [9.17, 15) is 13.2 Å². The smallest absolute Gasteiger partial charge is 0.239 e. The number of carbonyl (C=O) groups is 1. The molecule has 2 N–H and O–H groups in total. The summed E-state index contributed by atoms with van der Waals surface area (Å²) in [5.41, 5.74) is 0.476. The predicted molar refractivity (Wildman–Crippen MR) is 98.3 cm³/mol. The molecular weight excluding hydrogens is 340 g/mol. The van der Waals surface area contributed by atoms with E-state index in [4.69, 9.17) is 4.74 Å². The van der Waals surface area contributed by atoms with Crippen LogP contribution in [0.1, 0.15) is 19.8 Å². The molecule has 134 valence electrons. The lowest BCUT2D eigenvalue weighted by atomic mass is 10.3. The Labute approximate surface area is 148 Å². The standard InChI is InChI=1S/C18H22N2O4S/c1-2-3-13-25(22,23)19-14-18(21)20-16-11-7-8-12-17(16)24-15-9-5-4-6-10-15/h4-12,19H,2-3,13-14H2,1H3,(H,20,21). The van der Waals surface area contributed by atoms with Gasteiger partial charge in [0.05, 0.1) is 18.0 Å². The van der Waals surface area contributed by atoms with Gasteiger partial charge in [-0.1, -0.05) is 43.7 Å². The van der Waals surface area contributed by atoms with Gasteiger partial charge in [0, 0.05) is 0 Å². The molecule has 25 heavy (non-hydrogen) atoms. The predicted octanol–water partition coefficient (Wildman–Crippen LogP) is 3.14.